The highest BCUT2D eigenvalue weighted by atomic mass is 16.7. The summed E-state index contributed by atoms with van der Waals surface area (Å²) in [6, 6.07) is 0. The Kier molecular flexibility index (Phi) is 1.48. The molecule has 3 heteroatoms. The van der Waals surface area contributed by atoms with Crippen molar-refractivity contribution in [3.8, 4) is 0 Å². The highest BCUT2D eigenvalue weighted by molar-refractivity contribution is 5.04. The van der Waals surface area contributed by atoms with E-state index in [2.05, 4.69) is 0 Å². The van der Waals surface area contributed by atoms with E-state index in [1.165, 1.54) is 0 Å². The van der Waals surface area contributed by atoms with Gasteiger partial charge in [0.15, 0.2) is 0 Å². The van der Waals surface area contributed by atoms with Gasteiger partial charge < -0.3 is 14.6 Å². The molecule has 1 heterocycles. The largest absolute Gasteiger partial charge is 0.386 e. The Morgan fingerprint density at radius 3 is 3.10 bits per heavy atom. The highest BCUT2D eigenvalue weighted by Gasteiger charge is 2.35. The van der Waals surface area contributed by atoms with E-state index in [0.717, 1.165) is 6.42 Å². The van der Waals surface area contributed by atoms with Gasteiger partial charge in [0.05, 0.1) is 6.10 Å². The molecule has 2 rings (SSSR count). The quantitative estimate of drug-likeness (QED) is 0.486. The highest BCUT2D eigenvalue weighted by Crippen LogP contribution is 2.23. The smallest absolute Gasteiger partial charge is 0.147 e. The second kappa shape index (κ2) is 2.34. The standard InChI is InChI=1S/C7H10O3/c8-5-2-1-3-6-7(5)10-4-9-6/h1-2,5-8H,3-4H2. The Balaban J connectivity index is 2.13. The number of aliphatic hydroxyl groups is 1. The third-order valence-electron chi connectivity index (χ3n) is 1.95. The molecule has 0 radical (unpaired) electrons. The van der Waals surface area contributed by atoms with Crippen molar-refractivity contribution in [2.75, 3.05) is 6.79 Å². The van der Waals surface area contributed by atoms with Gasteiger partial charge in [-0.1, -0.05) is 12.2 Å². The molecule has 3 atom stereocenters. The fourth-order valence-electron chi connectivity index (χ4n) is 1.39. The Morgan fingerprint density at radius 1 is 1.40 bits per heavy atom. The molecular weight excluding hydrogens is 132 g/mol. The predicted octanol–water partition coefficient (Wildman–Crippen LogP) is 0.0487. The maximum Gasteiger partial charge on any atom is 0.147 e. The van der Waals surface area contributed by atoms with Crippen LogP contribution in [0.4, 0.5) is 0 Å². The number of rotatable bonds is 0. The van der Waals surface area contributed by atoms with E-state index in [1.54, 1.807) is 6.08 Å². The molecule has 0 bridgehead atoms. The summed E-state index contributed by atoms with van der Waals surface area (Å²) in [5, 5.41) is 9.29. The minimum absolute atomic E-state index is 0.0833. The fourth-order valence-corrected chi connectivity index (χ4v) is 1.39. The molecule has 0 aromatic rings. The predicted molar refractivity (Wildman–Crippen MR) is 34.4 cm³/mol. The lowest BCUT2D eigenvalue weighted by molar-refractivity contribution is 0.00609. The van der Waals surface area contributed by atoms with Gasteiger partial charge in [0.2, 0.25) is 0 Å². The topological polar surface area (TPSA) is 38.7 Å². The van der Waals surface area contributed by atoms with Gasteiger partial charge in [-0.3, -0.25) is 0 Å². The number of fused-ring (bicyclic) bond motifs is 1. The minimum atomic E-state index is -0.471. The van der Waals surface area contributed by atoms with E-state index >= 15 is 0 Å². The van der Waals surface area contributed by atoms with Crippen LogP contribution >= 0.6 is 0 Å². The molecule has 1 fully saturated rings. The molecule has 10 heavy (non-hydrogen) atoms. The van der Waals surface area contributed by atoms with E-state index in [9.17, 15) is 5.11 Å². The second-order valence-electron chi connectivity index (χ2n) is 2.61. The van der Waals surface area contributed by atoms with Crippen molar-refractivity contribution in [3.63, 3.8) is 0 Å². The second-order valence-corrected chi connectivity index (χ2v) is 2.61. The lowest BCUT2D eigenvalue weighted by Crippen LogP contribution is -2.35. The molecule has 3 nitrogen and oxygen atoms in total. The average molecular weight is 142 g/mol. The molecule has 0 aromatic heterocycles. The lowest BCUT2D eigenvalue weighted by Gasteiger charge is -2.22. The van der Waals surface area contributed by atoms with Crippen molar-refractivity contribution < 1.29 is 14.6 Å². The van der Waals surface area contributed by atoms with Crippen LogP contribution in [0, 0.1) is 0 Å². The van der Waals surface area contributed by atoms with Crippen LogP contribution in [-0.2, 0) is 9.47 Å². The summed E-state index contributed by atoms with van der Waals surface area (Å²) in [4.78, 5) is 0. The SMILES string of the molecule is OC1C=CCC2OCOC12. The summed E-state index contributed by atoms with van der Waals surface area (Å²) >= 11 is 0. The molecule has 2 aliphatic rings. The molecule has 1 aliphatic heterocycles. The van der Waals surface area contributed by atoms with Crippen LogP contribution < -0.4 is 0 Å². The molecule has 1 N–H and O–H groups in total. The molecule has 0 aromatic carbocycles. The molecular formula is C7H10O3. The summed E-state index contributed by atoms with van der Waals surface area (Å²) in [5.74, 6) is 0. The molecule has 1 aliphatic carbocycles. The van der Waals surface area contributed by atoms with Crippen LogP contribution in [0.1, 0.15) is 6.42 Å². The van der Waals surface area contributed by atoms with Crippen LogP contribution in [0.3, 0.4) is 0 Å². The lowest BCUT2D eigenvalue weighted by atomic mass is 9.99. The van der Waals surface area contributed by atoms with Gasteiger partial charge in [0.1, 0.15) is 19.0 Å². The van der Waals surface area contributed by atoms with Crippen LogP contribution in [-0.4, -0.2) is 30.2 Å². The molecule has 0 amide bonds. The van der Waals surface area contributed by atoms with E-state index in [1.807, 2.05) is 6.08 Å². The van der Waals surface area contributed by atoms with Crippen LogP contribution in [0.15, 0.2) is 12.2 Å². The normalized spacial score (nSPS) is 45.5. The first-order valence-corrected chi connectivity index (χ1v) is 3.46. The summed E-state index contributed by atoms with van der Waals surface area (Å²) in [6.07, 6.45) is 4.05. The number of hydrogen-bond donors (Lipinski definition) is 1. The molecule has 0 spiro atoms. The first-order chi connectivity index (χ1) is 4.88. The number of hydrogen-bond acceptors (Lipinski definition) is 3. The van der Waals surface area contributed by atoms with Crippen molar-refractivity contribution in [2.24, 2.45) is 0 Å². The molecule has 1 saturated heterocycles. The molecule has 56 valence electrons. The Hall–Kier alpha value is -0.380. The first kappa shape index (κ1) is 6.34. The summed E-state index contributed by atoms with van der Waals surface area (Å²) in [6.45, 7) is 0.327. The molecule has 0 saturated carbocycles. The fraction of sp³-hybridized carbons (Fsp3) is 0.714. The average Bonchev–Trinajstić information content (AvgIpc) is 2.36. The van der Waals surface area contributed by atoms with Gasteiger partial charge in [0.25, 0.3) is 0 Å². The van der Waals surface area contributed by atoms with E-state index in [0.29, 0.717) is 6.79 Å². The Labute approximate surface area is 59.2 Å². The van der Waals surface area contributed by atoms with Gasteiger partial charge in [-0.05, 0) is 6.42 Å². The van der Waals surface area contributed by atoms with Crippen molar-refractivity contribution in [2.45, 2.75) is 24.7 Å². The number of ether oxygens (including phenoxy) is 2. The molecule has 3 unspecified atom stereocenters. The number of aliphatic hydroxyl groups excluding tert-OH is 1. The van der Waals surface area contributed by atoms with E-state index in [-0.39, 0.29) is 12.2 Å². The summed E-state index contributed by atoms with van der Waals surface area (Å²) in [5.41, 5.74) is 0. The van der Waals surface area contributed by atoms with Gasteiger partial charge in [0, 0.05) is 0 Å². The Bertz CT molecular complexity index is 155. The minimum Gasteiger partial charge on any atom is -0.386 e. The van der Waals surface area contributed by atoms with Crippen molar-refractivity contribution in [1.82, 2.24) is 0 Å². The van der Waals surface area contributed by atoms with Crippen LogP contribution in [0.25, 0.3) is 0 Å². The first-order valence-electron chi connectivity index (χ1n) is 3.46. The zero-order valence-corrected chi connectivity index (χ0v) is 5.56. The van der Waals surface area contributed by atoms with Crippen molar-refractivity contribution in [3.05, 3.63) is 12.2 Å². The monoisotopic (exact) mass is 142 g/mol. The third kappa shape index (κ3) is 0.868. The summed E-state index contributed by atoms with van der Waals surface area (Å²) < 4.78 is 10.3. The summed E-state index contributed by atoms with van der Waals surface area (Å²) in [7, 11) is 0. The maximum atomic E-state index is 9.29. The van der Waals surface area contributed by atoms with Crippen molar-refractivity contribution >= 4 is 0 Å². The van der Waals surface area contributed by atoms with Crippen LogP contribution in [0.5, 0.6) is 0 Å². The van der Waals surface area contributed by atoms with E-state index in [4.69, 9.17) is 9.47 Å². The van der Waals surface area contributed by atoms with Crippen molar-refractivity contribution in [1.29, 1.82) is 0 Å². The maximum absolute atomic E-state index is 9.29. The van der Waals surface area contributed by atoms with E-state index < -0.39 is 6.10 Å². The van der Waals surface area contributed by atoms with Crippen LogP contribution in [0.2, 0.25) is 0 Å². The van der Waals surface area contributed by atoms with Gasteiger partial charge in [-0.15, -0.1) is 0 Å². The third-order valence-corrected chi connectivity index (χ3v) is 1.95. The zero-order chi connectivity index (χ0) is 6.97. The zero-order valence-electron chi connectivity index (χ0n) is 5.56. The Morgan fingerprint density at radius 2 is 2.30 bits per heavy atom. The van der Waals surface area contributed by atoms with Gasteiger partial charge >= 0.3 is 0 Å². The van der Waals surface area contributed by atoms with Gasteiger partial charge in [-0.2, -0.15) is 0 Å². The van der Waals surface area contributed by atoms with Gasteiger partial charge in [-0.25, -0.2) is 0 Å².